The van der Waals surface area contributed by atoms with Crippen molar-refractivity contribution in [2.45, 2.75) is 39.5 Å². The molecule has 56 valence electrons. The average molecular weight is 136 g/mol. The van der Waals surface area contributed by atoms with Gasteiger partial charge in [0.05, 0.1) is 0 Å². The van der Waals surface area contributed by atoms with E-state index in [4.69, 9.17) is 0 Å². The highest BCUT2D eigenvalue weighted by molar-refractivity contribution is 4.84. The monoisotopic (exact) mass is 136 g/mol. The van der Waals surface area contributed by atoms with Crippen LogP contribution in [0.15, 0.2) is 23.6 Å². The Hall–Kier alpha value is -0.700. The molecule has 0 aliphatic heterocycles. The minimum atomic E-state index is 1.15. The molecule has 0 saturated heterocycles. The van der Waals surface area contributed by atoms with Gasteiger partial charge in [-0.25, -0.2) is 0 Å². The Labute approximate surface area is 64.0 Å². The molecule has 0 heteroatoms. The van der Waals surface area contributed by atoms with Gasteiger partial charge in [0.15, 0.2) is 0 Å². The van der Waals surface area contributed by atoms with Crippen LogP contribution in [0.2, 0.25) is 0 Å². The second kappa shape index (κ2) is 8.30. The molecule has 0 aliphatic carbocycles. The molecule has 0 aromatic rings. The number of allylic oxidation sites excluding steroid dienone is 2. The lowest BCUT2D eigenvalue weighted by Gasteiger charge is -1.87. The summed E-state index contributed by atoms with van der Waals surface area (Å²) < 4.78 is 0. The van der Waals surface area contributed by atoms with E-state index in [1.54, 1.807) is 0 Å². The van der Waals surface area contributed by atoms with Gasteiger partial charge >= 0.3 is 0 Å². The highest BCUT2D eigenvalue weighted by atomic mass is 13.8. The van der Waals surface area contributed by atoms with Crippen molar-refractivity contribution < 1.29 is 0 Å². The van der Waals surface area contributed by atoms with E-state index >= 15 is 0 Å². The first-order chi connectivity index (χ1) is 4.91. The molecule has 0 aliphatic rings. The molecule has 0 nitrogen and oxygen atoms in total. The molecule has 0 atom stereocenters. The smallest absolute Gasteiger partial charge is 0.0268 e. The van der Waals surface area contributed by atoms with Gasteiger partial charge in [-0.15, -0.1) is 0 Å². The van der Waals surface area contributed by atoms with Crippen LogP contribution in [0.1, 0.15) is 39.5 Å². The van der Waals surface area contributed by atoms with Crippen molar-refractivity contribution in [3.8, 4) is 0 Å². The molecular weight excluding hydrogens is 120 g/mol. The van der Waals surface area contributed by atoms with Gasteiger partial charge in [0.2, 0.25) is 0 Å². The highest BCUT2D eigenvalue weighted by Gasteiger charge is 1.78. The van der Waals surface area contributed by atoms with Crippen LogP contribution in [0.25, 0.3) is 0 Å². The number of rotatable bonds is 4. The first-order valence-corrected chi connectivity index (χ1v) is 4.02. The average Bonchev–Trinajstić information content (AvgIpc) is 1.97. The minimum absolute atomic E-state index is 1.15. The maximum absolute atomic E-state index is 2.96. The summed E-state index contributed by atoms with van der Waals surface area (Å²) >= 11 is 0. The summed E-state index contributed by atoms with van der Waals surface area (Å²) in [6.07, 6.45) is 8.98. The van der Waals surface area contributed by atoms with Crippen molar-refractivity contribution in [2.75, 3.05) is 0 Å². The second-order valence-corrected chi connectivity index (χ2v) is 2.28. The highest BCUT2D eigenvalue weighted by Crippen LogP contribution is 1.98. The number of hydrogen-bond acceptors (Lipinski definition) is 0. The van der Waals surface area contributed by atoms with E-state index in [0.29, 0.717) is 0 Å². The van der Waals surface area contributed by atoms with Gasteiger partial charge in [-0.3, -0.25) is 0 Å². The molecule has 0 aromatic carbocycles. The van der Waals surface area contributed by atoms with Crippen molar-refractivity contribution in [1.29, 1.82) is 0 Å². The van der Waals surface area contributed by atoms with Gasteiger partial charge in [0, 0.05) is 0 Å². The molecule has 0 spiro atoms. The van der Waals surface area contributed by atoms with Crippen LogP contribution in [-0.4, -0.2) is 0 Å². The summed E-state index contributed by atoms with van der Waals surface area (Å²) in [4.78, 5) is 0. The Morgan fingerprint density at radius 2 is 2.00 bits per heavy atom. The van der Waals surface area contributed by atoms with E-state index in [1.807, 2.05) is 13.0 Å². The molecular formula is C10H16. The molecule has 0 bridgehead atoms. The standard InChI is InChI=1S/C10H16/c1-3-5-7-9-10-8-6-4-2/h3,9H,4,6,8,10H2,1-2H3. The normalized spacial score (nSPS) is 7.80. The van der Waals surface area contributed by atoms with Gasteiger partial charge < -0.3 is 0 Å². The summed E-state index contributed by atoms with van der Waals surface area (Å²) in [7, 11) is 0. The SMILES string of the molecule is CC=C=C=CCCCCC. The fourth-order valence-electron chi connectivity index (χ4n) is 0.711. The zero-order valence-electron chi connectivity index (χ0n) is 6.98. The lowest BCUT2D eigenvalue weighted by atomic mass is 10.2. The maximum atomic E-state index is 2.96. The zero-order valence-corrected chi connectivity index (χ0v) is 6.98. The summed E-state index contributed by atoms with van der Waals surface area (Å²) in [6.45, 7) is 4.17. The van der Waals surface area contributed by atoms with Gasteiger partial charge in [0.25, 0.3) is 0 Å². The Morgan fingerprint density at radius 1 is 1.20 bits per heavy atom. The van der Waals surface area contributed by atoms with E-state index in [9.17, 15) is 0 Å². The lowest BCUT2D eigenvalue weighted by Crippen LogP contribution is -1.68. The molecule has 10 heavy (non-hydrogen) atoms. The third-order valence-electron chi connectivity index (χ3n) is 1.28. The lowest BCUT2D eigenvalue weighted by molar-refractivity contribution is 0.729. The topological polar surface area (TPSA) is 0 Å². The molecule has 0 radical (unpaired) electrons. The van der Waals surface area contributed by atoms with Gasteiger partial charge in [-0.05, 0) is 31.9 Å². The third kappa shape index (κ3) is 7.30. The number of hydrogen-bond donors (Lipinski definition) is 0. The molecule has 0 amide bonds. The molecule has 0 N–H and O–H groups in total. The van der Waals surface area contributed by atoms with Crippen LogP contribution in [-0.2, 0) is 0 Å². The zero-order chi connectivity index (χ0) is 7.66. The van der Waals surface area contributed by atoms with Crippen LogP contribution in [0.5, 0.6) is 0 Å². The molecule has 0 aromatic heterocycles. The van der Waals surface area contributed by atoms with Crippen LogP contribution in [0.4, 0.5) is 0 Å². The van der Waals surface area contributed by atoms with Gasteiger partial charge in [0.1, 0.15) is 0 Å². The van der Waals surface area contributed by atoms with E-state index < -0.39 is 0 Å². The number of unbranched alkanes of at least 4 members (excludes halogenated alkanes) is 3. The summed E-state index contributed by atoms with van der Waals surface area (Å²) in [5, 5.41) is 0. The Morgan fingerprint density at radius 3 is 2.60 bits per heavy atom. The predicted molar refractivity (Wildman–Crippen MR) is 46.0 cm³/mol. The second-order valence-electron chi connectivity index (χ2n) is 2.28. The van der Waals surface area contributed by atoms with Crippen molar-refractivity contribution >= 4 is 0 Å². The fourth-order valence-corrected chi connectivity index (χ4v) is 0.711. The summed E-state index contributed by atoms with van der Waals surface area (Å²) in [5.74, 6) is 0. The van der Waals surface area contributed by atoms with Gasteiger partial charge in [-0.2, -0.15) is 0 Å². The third-order valence-corrected chi connectivity index (χ3v) is 1.28. The van der Waals surface area contributed by atoms with Crippen molar-refractivity contribution in [1.82, 2.24) is 0 Å². The molecule has 0 heterocycles. The molecule has 0 unspecified atom stereocenters. The van der Waals surface area contributed by atoms with Gasteiger partial charge in [-0.1, -0.05) is 31.2 Å². The predicted octanol–water partition coefficient (Wildman–Crippen LogP) is 3.45. The first kappa shape index (κ1) is 9.30. The van der Waals surface area contributed by atoms with E-state index in [0.717, 1.165) is 6.42 Å². The Kier molecular flexibility index (Phi) is 7.72. The van der Waals surface area contributed by atoms with E-state index in [-0.39, 0.29) is 0 Å². The van der Waals surface area contributed by atoms with Crippen LogP contribution >= 0.6 is 0 Å². The van der Waals surface area contributed by atoms with Crippen LogP contribution in [0, 0.1) is 0 Å². The molecule has 0 rings (SSSR count). The summed E-state index contributed by atoms with van der Waals surface area (Å²) in [5.41, 5.74) is 5.86. The largest absolute Gasteiger partial charge is 0.0753 e. The van der Waals surface area contributed by atoms with Crippen molar-refractivity contribution in [2.24, 2.45) is 0 Å². The fraction of sp³-hybridized carbons (Fsp3) is 0.600. The summed E-state index contributed by atoms with van der Waals surface area (Å²) in [6, 6.07) is 0. The maximum Gasteiger partial charge on any atom is -0.0268 e. The minimum Gasteiger partial charge on any atom is -0.0753 e. The van der Waals surface area contributed by atoms with Crippen molar-refractivity contribution in [3.05, 3.63) is 23.6 Å². The Balaban J connectivity index is 3.27. The molecule has 0 fully saturated rings. The van der Waals surface area contributed by atoms with Crippen molar-refractivity contribution in [3.63, 3.8) is 0 Å². The van der Waals surface area contributed by atoms with E-state index in [2.05, 4.69) is 24.5 Å². The van der Waals surface area contributed by atoms with E-state index in [1.165, 1.54) is 19.3 Å². The molecule has 0 saturated carbocycles. The first-order valence-electron chi connectivity index (χ1n) is 4.02. The Bertz CT molecular complexity index is 141. The van der Waals surface area contributed by atoms with Crippen LogP contribution < -0.4 is 0 Å². The quantitative estimate of drug-likeness (QED) is 0.410. The van der Waals surface area contributed by atoms with Crippen LogP contribution in [0.3, 0.4) is 0 Å².